The number of rotatable bonds is 4. The van der Waals surface area contributed by atoms with E-state index in [9.17, 15) is 9.59 Å². The third kappa shape index (κ3) is 3.37. The van der Waals surface area contributed by atoms with E-state index in [4.69, 9.17) is 10.5 Å². The molecule has 0 aliphatic carbocycles. The van der Waals surface area contributed by atoms with Gasteiger partial charge in [-0.05, 0) is 31.2 Å². The Balaban J connectivity index is 1.87. The van der Waals surface area contributed by atoms with Crippen LogP contribution in [0.25, 0.3) is 0 Å². The fraction of sp³-hybridized carbons (Fsp3) is 0.571. The standard InChI is InChI=1S/C14H20N2O3S/c1-2-19-14(18)10-5-7-16(8-6-10)13(17)12(15)11-4-3-9-20-11/h3-4,9-10,12H,2,5-8,15H2,1H3. The number of amides is 1. The average molecular weight is 296 g/mol. The quantitative estimate of drug-likeness (QED) is 0.856. The number of hydrogen-bond acceptors (Lipinski definition) is 5. The Morgan fingerprint density at radius 1 is 1.50 bits per heavy atom. The van der Waals surface area contributed by atoms with Crippen LogP contribution in [-0.4, -0.2) is 36.5 Å². The summed E-state index contributed by atoms with van der Waals surface area (Å²) >= 11 is 1.49. The van der Waals surface area contributed by atoms with Gasteiger partial charge in [-0.2, -0.15) is 0 Å². The van der Waals surface area contributed by atoms with Gasteiger partial charge in [-0.15, -0.1) is 11.3 Å². The minimum Gasteiger partial charge on any atom is -0.466 e. The fourth-order valence-corrected chi connectivity index (χ4v) is 3.10. The molecule has 1 amide bonds. The van der Waals surface area contributed by atoms with E-state index in [1.54, 1.807) is 11.8 Å². The van der Waals surface area contributed by atoms with Gasteiger partial charge in [-0.3, -0.25) is 9.59 Å². The van der Waals surface area contributed by atoms with Crippen LogP contribution in [0.1, 0.15) is 30.7 Å². The van der Waals surface area contributed by atoms with Gasteiger partial charge in [0.15, 0.2) is 0 Å². The number of hydrogen-bond donors (Lipinski definition) is 1. The SMILES string of the molecule is CCOC(=O)C1CCN(C(=O)C(N)c2cccs2)CC1. The molecule has 20 heavy (non-hydrogen) atoms. The molecule has 0 spiro atoms. The predicted molar refractivity (Wildman–Crippen MR) is 77.2 cm³/mol. The summed E-state index contributed by atoms with van der Waals surface area (Å²) in [6, 6.07) is 3.17. The number of nitrogens with two attached hydrogens (primary N) is 1. The van der Waals surface area contributed by atoms with Crippen LogP contribution in [0.4, 0.5) is 0 Å². The minimum absolute atomic E-state index is 0.0604. The molecule has 5 nitrogen and oxygen atoms in total. The second-order valence-electron chi connectivity index (χ2n) is 4.84. The molecule has 0 saturated carbocycles. The van der Waals surface area contributed by atoms with Crippen molar-refractivity contribution in [2.75, 3.05) is 19.7 Å². The first-order chi connectivity index (χ1) is 9.63. The minimum atomic E-state index is -0.589. The summed E-state index contributed by atoms with van der Waals surface area (Å²) in [5.41, 5.74) is 5.98. The normalized spacial score (nSPS) is 17.8. The summed E-state index contributed by atoms with van der Waals surface area (Å²) < 4.78 is 5.02. The third-order valence-corrected chi connectivity index (χ3v) is 4.50. The molecular weight excluding hydrogens is 276 g/mol. The summed E-state index contributed by atoms with van der Waals surface area (Å²) in [5, 5.41) is 1.91. The fourth-order valence-electron chi connectivity index (χ4n) is 2.38. The van der Waals surface area contributed by atoms with Gasteiger partial charge in [0.1, 0.15) is 6.04 Å². The van der Waals surface area contributed by atoms with Gasteiger partial charge in [-0.1, -0.05) is 6.07 Å². The molecule has 1 aromatic heterocycles. The maximum Gasteiger partial charge on any atom is 0.309 e. The second-order valence-corrected chi connectivity index (χ2v) is 5.82. The molecule has 1 atom stereocenters. The molecule has 6 heteroatoms. The first kappa shape index (κ1) is 15.0. The van der Waals surface area contributed by atoms with Crippen LogP contribution >= 0.6 is 11.3 Å². The van der Waals surface area contributed by atoms with Crippen LogP contribution in [-0.2, 0) is 14.3 Å². The van der Waals surface area contributed by atoms with Crippen LogP contribution in [0, 0.1) is 5.92 Å². The number of carbonyl (C=O) groups is 2. The van der Waals surface area contributed by atoms with Gasteiger partial charge >= 0.3 is 5.97 Å². The van der Waals surface area contributed by atoms with Crippen LogP contribution in [0.3, 0.4) is 0 Å². The van der Waals surface area contributed by atoms with Crippen molar-refractivity contribution in [3.63, 3.8) is 0 Å². The number of nitrogens with zero attached hydrogens (tertiary/aromatic N) is 1. The van der Waals surface area contributed by atoms with Gasteiger partial charge in [-0.25, -0.2) is 0 Å². The van der Waals surface area contributed by atoms with Gasteiger partial charge < -0.3 is 15.4 Å². The lowest BCUT2D eigenvalue weighted by molar-refractivity contribution is -0.151. The Bertz CT molecular complexity index is 453. The number of piperidine rings is 1. The Morgan fingerprint density at radius 3 is 2.75 bits per heavy atom. The van der Waals surface area contributed by atoms with Crippen molar-refractivity contribution in [1.82, 2.24) is 4.90 Å². The summed E-state index contributed by atoms with van der Waals surface area (Å²) in [6.45, 7) is 3.35. The Labute approximate surface area is 122 Å². The Kier molecular flexibility index (Phi) is 5.14. The van der Waals surface area contributed by atoms with Crippen LogP contribution in [0.5, 0.6) is 0 Å². The second kappa shape index (κ2) is 6.85. The molecule has 2 rings (SSSR count). The third-order valence-electron chi connectivity index (χ3n) is 3.54. The average Bonchev–Trinajstić information content (AvgIpc) is 3.00. The topological polar surface area (TPSA) is 72.6 Å². The van der Waals surface area contributed by atoms with Crippen molar-refractivity contribution in [2.24, 2.45) is 11.7 Å². The smallest absolute Gasteiger partial charge is 0.309 e. The maximum absolute atomic E-state index is 12.3. The van der Waals surface area contributed by atoms with E-state index in [0.29, 0.717) is 32.5 Å². The number of thiophene rings is 1. The largest absolute Gasteiger partial charge is 0.466 e. The highest BCUT2D eigenvalue weighted by Gasteiger charge is 2.30. The molecule has 110 valence electrons. The van der Waals surface area contributed by atoms with Crippen LogP contribution in [0.2, 0.25) is 0 Å². The summed E-state index contributed by atoms with van der Waals surface area (Å²) in [5.74, 6) is -0.297. The van der Waals surface area contributed by atoms with Gasteiger partial charge in [0, 0.05) is 18.0 Å². The van der Waals surface area contributed by atoms with Crippen molar-refractivity contribution >= 4 is 23.2 Å². The predicted octanol–water partition coefficient (Wildman–Crippen LogP) is 1.55. The number of esters is 1. The van der Waals surface area contributed by atoms with Gasteiger partial charge in [0.05, 0.1) is 12.5 Å². The first-order valence-electron chi connectivity index (χ1n) is 6.88. The molecule has 0 bridgehead atoms. The molecule has 2 heterocycles. The van der Waals surface area contributed by atoms with Crippen molar-refractivity contribution in [3.05, 3.63) is 22.4 Å². The molecule has 1 unspecified atom stereocenters. The first-order valence-corrected chi connectivity index (χ1v) is 7.75. The number of ether oxygens (including phenoxy) is 1. The molecule has 1 saturated heterocycles. The zero-order valence-corrected chi connectivity index (χ0v) is 12.4. The van der Waals surface area contributed by atoms with E-state index < -0.39 is 6.04 Å². The molecule has 1 aliphatic rings. The molecule has 1 fully saturated rings. The highest BCUT2D eigenvalue weighted by atomic mass is 32.1. The lowest BCUT2D eigenvalue weighted by Gasteiger charge is -2.32. The molecular formula is C14H20N2O3S. The Hall–Kier alpha value is -1.40. The molecule has 0 radical (unpaired) electrons. The highest BCUT2D eigenvalue weighted by Crippen LogP contribution is 2.23. The molecule has 0 aromatic carbocycles. The van der Waals surface area contributed by atoms with E-state index in [0.717, 1.165) is 4.88 Å². The lowest BCUT2D eigenvalue weighted by Crippen LogP contribution is -2.44. The lowest BCUT2D eigenvalue weighted by atomic mass is 9.96. The molecule has 1 aliphatic heterocycles. The highest BCUT2D eigenvalue weighted by molar-refractivity contribution is 7.10. The summed E-state index contributed by atoms with van der Waals surface area (Å²) in [6.07, 6.45) is 1.31. The van der Waals surface area contributed by atoms with E-state index in [2.05, 4.69) is 0 Å². The van der Waals surface area contributed by atoms with E-state index >= 15 is 0 Å². The molecule has 1 aromatic rings. The van der Waals surface area contributed by atoms with E-state index in [-0.39, 0.29) is 17.8 Å². The maximum atomic E-state index is 12.3. The zero-order valence-electron chi connectivity index (χ0n) is 11.6. The molecule has 2 N–H and O–H groups in total. The summed E-state index contributed by atoms with van der Waals surface area (Å²) in [7, 11) is 0. The number of likely N-dealkylation sites (tertiary alicyclic amines) is 1. The van der Waals surface area contributed by atoms with Crippen LogP contribution < -0.4 is 5.73 Å². The van der Waals surface area contributed by atoms with E-state index in [1.807, 2.05) is 17.5 Å². The van der Waals surface area contributed by atoms with Crippen molar-refractivity contribution in [2.45, 2.75) is 25.8 Å². The monoisotopic (exact) mass is 296 g/mol. The van der Waals surface area contributed by atoms with E-state index in [1.165, 1.54) is 11.3 Å². The van der Waals surface area contributed by atoms with Crippen molar-refractivity contribution in [3.8, 4) is 0 Å². The zero-order chi connectivity index (χ0) is 14.5. The van der Waals surface area contributed by atoms with Crippen molar-refractivity contribution in [1.29, 1.82) is 0 Å². The van der Waals surface area contributed by atoms with Gasteiger partial charge in [0.25, 0.3) is 0 Å². The Morgan fingerprint density at radius 2 is 2.20 bits per heavy atom. The summed E-state index contributed by atoms with van der Waals surface area (Å²) in [4.78, 5) is 26.6. The van der Waals surface area contributed by atoms with Crippen molar-refractivity contribution < 1.29 is 14.3 Å². The van der Waals surface area contributed by atoms with Crippen LogP contribution in [0.15, 0.2) is 17.5 Å². The number of carbonyl (C=O) groups excluding carboxylic acids is 2. The van der Waals surface area contributed by atoms with Gasteiger partial charge in [0.2, 0.25) is 5.91 Å².